The number of rotatable bonds is 1. The molecule has 1 fully saturated rings. The highest BCUT2D eigenvalue weighted by molar-refractivity contribution is 14.1. The molecule has 1 saturated heterocycles. The van der Waals surface area contributed by atoms with Gasteiger partial charge in [0.2, 0.25) is 0 Å². The van der Waals surface area contributed by atoms with Crippen LogP contribution in [0.2, 0.25) is 0 Å². The second-order valence-electron chi connectivity index (χ2n) is 3.71. The van der Waals surface area contributed by atoms with Crippen LogP contribution in [0.1, 0.15) is 30.9 Å². The lowest BCUT2D eigenvalue weighted by Gasteiger charge is -2.24. The second-order valence-corrected chi connectivity index (χ2v) is 4.95. The lowest BCUT2D eigenvalue weighted by atomic mass is 9.98. The van der Waals surface area contributed by atoms with Crippen molar-refractivity contribution in [1.29, 1.82) is 0 Å². The minimum atomic E-state index is -0.126. The van der Waals surface area contributed by atoms with Gasteiger partial charge in [0.1, 0.15) is 5.82 Å². The normalized spacial score (nSPS) is 22.3. The van der Waals surface area contributed by atoms with E-state index in [0.717, 1.165) is 22.1 Å². The summed E-state index contributed by atoms with van der Waals surface area (Å²) in [6, 6.07) is 5.62. The minimum absolute atomic E-state index is 0.126. The Morgan fingerprint density at radius 1 is 1.29 bits per heavy atom. The SMILES string of the molecule is Fc1cc(I)cc(C2CCCCN2)c1. The van der Waals surface area contributed by atoms with Crippen molar-refractivity contribution in [1.82, 2.24) is 5.32 Å². The van der Waals surface area contributed by atoms with Gasteiger partial charge >= 0.3 is 0 Å². The molecule has 1 heterocycles. The van der Waals surface area contributed by atoms with E-state index in [4.69, 9.17) is 0 Å². The zero-order chi connectivity index (χ0) is 9.97. The maximum atomic E-state index is 13.2. The van der Waals surface area contributed by atoms with E-state index in [0.29, 0.717) is 6.04 Å². The Kier molecular flexibility index (Phi) is 3.38. The predicted molar refractivity (Wildman–Crippen MR) is 63.7 cm³/mol. The molecule has 0 spiro atoms. The largest absolute Gasteiger partial charge is 0.310 e. The molecule has 0 saturated carbocycles. The van der Waals surface area contributed by atoms with E-state index < -0.39 is 0 Å². The number of benzene rings is 1. The minimum Gasteiger partial charge on any atom is -0.310 e. The summed E-state index contributed by atoms with van der Waals surface area (Å²) >= 11 is 2.16. The first-order chi connectivity index (χ1) is 6.75. The number of halogens is 2. The van der Waals surface area contributed by atoms with Crippen molar-refractivity contribution in [3.63, 3.8) is 0 Å². The summed E-state index contributed by atoms with van der Waals surface area (Å²) in [7, 11) is 0. The summed E-state index contributed by atoms with van der Waals surface area (Å²) in [6.07, 6.45) is 3.60. The van der Waals surface area contributed by atoms with E-state index >= 15 is 0 Å². The first-order valence-corrected chi connectivity index (χ1v) is 6.03. The maximum Gasteiger partial charge on any atom is 0.124 e. The fraction of sp³-hybridized carbons (Fsp3) is 0.455. The Balaban J connectivity index is 2.21. The smallest absolute Gasteiger partial charge is 0.124 e. The van der Waals surface area contributed by atoms with Crippen LogP contribution in [-0.2, 0) is 0 Å². The van der Waals surface area contributed by atoms with Crippen LogP contribution in [0.5, 0.6) is 0 Å². The van der Waals surface area contributed by atoms with E-state index in [1.807, 2.05) is 0 Å². The molecule has 0 bridgehead atoms. The highest BCUT2D eigenvalue weighted by Gasteiger charge is 2.15. The average Bonchev–Trinajstić information content (AvgIpc) is 2.18. The van der Waals surface area contributed by atoms with Gasteiger partial charge < -0.3 is 5.32 Å². The highest BCUT2D eigenvalue weighted by Crippen LogP contribution is 2.24. The molecule has 0 aromatic heterocycles. The molecule has 1 aromatic rings. The van der Waals surface area contributed by atoms with Gasteiger partial charge in [0, 0.05) is 9.61 Å². The van der Waals surface area contributed by atoms with E-state index in [1.54, 1.807) is 12.1 Å². The Labute approximate surface area is 97.2 Å². The number of hydrogen-bond acceptors (Lipinski definition) is 1. The standard InChI is InChI=1S/C11H13FIN/c12-9-5-8(6-10(13)7-9)11-3-1-2-4-14-11/h5-7,11,14H,1-4H2. The lowest BCUT2D eigenvalue weighted by molar-refractivity contribution is 0.411. The highest BCUT2D eigenvalue weighted by atomic mass is 127. The molecule has 0 amide bonds. The van der Waals surface area contributed by atoms with Crippen molar-refractivity contribution in [2.24, 2.45) is 0 Å². The molecule has 0 radical (unpaired) electrons. The van der Waals surface area contributed by atoms with Crippen molar-refractivity contribution in [3.8, 4) is 0 Å². The summed E-state index contributed by atoms with van der Waals surface area (Å²) in [4.78, 5) is 0. The van der Waals surface area contributed by atoms with Crippen molar-refractivity contribution < 1.29 is 4.39 Å². The summed E-state index contributed by atoms with van der Waals surface area (Å²) in [5.74, 6) is -0.126. The third-order valence-corrected chi connectivity index (χ3v) is 3.22. The second kappa shape index (κ2) is 4.57. The van der Waals surface area contributed by atoms with Gasteiger partial charge in [0.25, 0.3) is 0 Å². The van der Waals surface area contributed by atoms with Crippen LogP contribution in [0.3, 0.4) is 0 Å². The molecule has 1 unspecified atom stereocenters. The Bertz CT molecular complexity index is 301. The molecule has 3 heteroatoms. The molecular formula is C11H13FIN. The van der Waals surface area contributed by atoms with Crippen molar-refractivity contribution in [3.05, 3.63) is 33.1 Å². The van der Waals surface area contributed by atoms with E-state index in [1.165, 1.54) is 12.8 Å². The molecule has 0 aliphatic carbocycles. The fourth-order valence-electron chi connectivity index (χ4n) is 1.91. The Hall–Kier alpha value is -0.160. The monoisotopic (exact) mass is 305 g/mol. The van der Waals surface area contributed by atoms with Gasteiger partial charge in [-0.05, 0) is 65.7 Å². The van der Waals surface area contributed by atoms with Gasteiger partial charge in [-0.15, -0.1) is 0 Å². The number of piperidine rings is 1. The van der Waals surface area contributed by atoms with Crippen LogP contribution in [0.4, 0.5) is 4.39 Å². The molecule has 1 atom stereocenters. The molecule has 14 heavy (non-hydrogen) atoms. The maximum absolute atomic E-state index is 13.2. The van der Waals surface area contributed by atoms with Gasteiger partial charge in [0.15, 0.2) is 0 Å². The van der Waals surface area contributed by atoms with Crippen molar-refractivity contribution in [2.75, 3.05) is 6.54 Å². The molecule has 76 valence electrons. The topological polar surface area (TPSA) is 12.0 Å². The third kappa shape index (κ3) is 2.45. The van der Waals surface area contributed by atoms with Crippen molar-refractivity contribution >= 4 is 22.6 Å². The number of nitrogens with one attached hydrogen (secondary N) is 1. The Morgan fingerprint density at radius 3 is 2.79 bits per heavy atom. The average molecular weight is 305 g/mol. The van der Waals surface area contributed by atoms with Crippen LogP contribution in [0.25, 0.3) is 0 Å². The summed E-state index contributed by atoms with van der Waals surface area (Å²) < 4.78 is 14.1. The molecule has 2 rings (SSSR count). The fourth-order valence-corrected chi connectivity index (χ4v) is 2.57. The summed E-state index contributed by atoms with van der Waals surface area (Å²) in [5.41, 5.74) is 1.09. The van der Waals surface area contributed by atoms with Gasteiger partial charge in [-0.1, -0.05) is 6.42 Å². The van der Waals surface area contributed by atoms with Crippen LogP contribution in [0, 0.1) is 9.39 Å². The zero-order valence-electron chi connectivity index (χ0n) is 7.89. The molecule has 1 N–H and O–H groups in total. The van der Waals surface area contributed by atoms with Crippen LogP contribution in [0.15, 0.2) is 18.2 Å². The molecule has 1 aromatic carbocycles. The van der Waals surface area contributed by atoms with E-state index in [-0.39, 0.29) is 5.82 Å². The molecule has 1 aliphatic heterocycles. The van der Waals surface area contributed by atoms with Crippen LogP contribution in [-0.4, -0.2) is 6.54 Å². The molecule has 1 aliphatic rings. The lowest BCUT2D eigenvalue weighted by Crippen LogP contribution is -2.26. The van der Waals surface area contributed by atoms with Gasteiger partial charge in [0.05, 0.1) is 0 Å². The number of hydrogen-bond donors (Lipinski definition) is 1. The van der Waals surface area contributed by atoms with E-state index in [2.05, 4.69) is 34.0 Å². The van der Waals surface area contributed by atoms with Gasteiger partial charge in [-0.3, -0.25) is 0 Å². The van der Waals surface area contributed by atoms with E-state index in [9.17, 15) is 4.39 Å². The van der Waals surface area contributed by atoms with Gasteiger partial charge in [-0.2, -0.15) is 0 Å². The first kappa shape index (κ1) is 10.4. The third-order valence-electron chi connectivity index (χ3n) is 2.60. The summed E-state index contributed by atoms with van der Waals surface area (Å²) in [5, 5.41) is 3.42. The quantitative estimate of drug-likeness (QED) is 0.786. The molecular weight excluding hydrogens is 292 g/mol. The zero-order valence-corrected chi connectivity index (χ0v) is 10.1. The predicted octanol–water partition coefficient (Wildman–Crippen LogP) is 3.24. The van der Waals surface area contributed by atoms with Crippen LogP contribution < -0.4 is 5.32 Å². The first-order valence-electron chi connectivity index (χ1n) is 4.95. The van der Waals surface area contributed by atoms with Gasteiger partial charge in [-0.25, -0.2) is 4.39 Å². The summed E-state index contributed by atoms with van der Waals surface area (Å²) in [6.45, 7) is 1.05. The van der Waals surface area contributed by atoms with Crippen molar-refractivity contribution in [2.45, 2.75) is 25.3 Å². The Morgan fingerprint density at radius 2 is 2.14 bits per heavy atom. The van der Waals surface area contributed by atoms with Crippen LogP contribution >= 0.6 is 22.6 Å². The molecule has 1 nitrogen and oxygen atoms in total.